The van der Waals surface area contributed by atoms with Gasteiger partial charge in [-0.2, -0.15) is 13.2 Å². The molecule has 0 aliphatic heterocycles. The quantitative estimate of drug-likeness (QED) is 0.615. The number of ether oxygens (including phenoxy) is 1. The Labute approximate surface area is 112 Å². The van der Waals surface area contributed by atoms with Crippen LogP contribution >= 0.6 is 11.6 Å². The zero-order valence-corrected chi connectivity index (χ0v) is 11.1. The first-order valence-electron chi connectivity index (χ1n) is 5.24. The number of hydrogen-bond acceptors (Lipinski definition) is 4. The number of rotatable bonds is 5. The van der Waals surface area contributed by atoms with Crippen molar-refractivity contribution in [2.24, 2.45) is 5.92 Å². The van der Waals surface area contributed by atoms with Crippen LogP contribution in [0.1, 0.15) is 20.8 Å². The van der Waals surface area contributed by atoms with Crippen LogP contribution < -0.4 is 5.32 Å². The van der Waals surface area contributed by atoms with E-state index >= 15 is 0 Å². The summed E-state index contributed by atoms with van der Waals surface area (Å²) in [6.07, 6.45) is -5.79. The van der Waals surface area contributed by atoms with Crippen molar-refractivity contribution in [3.63, 3.8) is 0 Å². The van der Waals surface area contributed by atoms with Crippen LogP contribution in [0.5, 0.6) is 0 Å². The van der Waals surface area contributed by atoms with Gasteiger partial charge in [-0.1, -0.05) is 6.92 Å². The predicted octanol–water partition coefficient (Wildman–Crippen LogP) is 1.39. The molecule has 5 nitrogen and oxygen atoms in total. The van der Waals surface area contributed by atoms with Gasteiger partial charge >= 0.3 is 18.1 Å². The molecular formula is C10H13ClF3NO4. The maximum Gasteiger partial charge on any atom is 0.471 e. The average molecular weight is 304 g/mol. The topological polar surface area (TPSA) is 72.5 Å². The van der Waals surface area contributed by atoms with Gasteiger partial charge in [-0.15, -0.1) is 0 Å². The Balaban J connectivity index is 5.03. The van der Waals surface area contributed by atoms with E-state index < -0.39 is 41.4 Å². The molecule has 0 aromatic carbocycles. The van der Waals surface area contributed by atoms with Crippen molar-refractivity contribution >= 4 is 28.7 Å². The van der Waals surface area contributed by atoms with Gasteiger partial charge in [0.1, 0.15) is 6.04 Å². The van der Waals surface area contributed by atoms with Gasteiger partial charge in [0.15, 0.2) is 0 Å². The number of carbonyl (C=O) groups is 3. The minimum Gasteiger partial charge on any atom is -0.461 e. The molecule has 2 atom stereocenters. The van der Waals surface area contributed by atoms with Crippen molar-refractivity contribution in [3.8, 4) is 0 Å². The normalized spacial score (nSPS) is 14.7. The molecule has 0 saturated heterocycles. The van der Waals surface area contributed by atoms with Crippen molar-refractivity contribution in [2.75, 3.05) is 0 Å². The van der Waals surface area contributed by atoms with Crippen molar-refractivity contribution in [2.45, 2.75) is 39.1 Å². The summed E-state index contributed by atoms with van der Waals surface area (Å²) in [6, 6.07) is -1.79. The summed E-state index contributed by atoms with van der Waals surface area (Å²) >= 11 is 5.12. The first-order chi connectivity index (χ1) is 8.46. The second kappa shape index (κ2) is 6.74. The van der Waals surface area contributed by atoms with Crippen LogP contribution in [-0.4, -0.2) is 35.4 Å². The smallest absolute Gasteiger partial charge is 0.461 e. The highest BCUT2D eigenvalue weighted by Gasteiger charge is 2.43. The molecule has 0 aromatic rings. The molecule has 0 heterocycles. The van der Waals surface area contributed by atoms with E-state index in [4.69, 9.17) is 11.6 Å². The Bertz CT molecular complexity index is 370. The fraction of sp³-hybridized carbons (Fsp3) is 0.700. The van der Waals surface area contributed by atoms with Crippen LogP contribution in [0.2, 0.25) is 0 Å². The van der Waals surface area contributed by atoms with Crippen LogP contribution in [0.3, 0.4) is 0 Å². The highest BCUT2D eigenvalue weighted by Crippen LogP contribution is 2.17. The van der Waals surface area contributed by atoms with Crippen LogP contribution in [-0.2, 0) is 19.1 Å². The lowest BCUT2D eigenvalue weighted by Gasteiger charge is -2.22. The van der Waals surface area contributed by atoms with Crippen molar-refractivity contribution in [1.82, 2.24) is 5.32 Å². The Kier molecular flexibility index (Phi) is 6.28. The molecule has 0 aliphatic carbocycles. The largest absolute Gasteiger partial charge is 0.471 e. The summed E-state index contributed by atoms with van der Waals surface area (Å²) in [5.74, 6) is -4.85. The third-order valence-electron chi connectivity index (χ3n) is 2.01. The molecule has 1 N–H and O–H groups in total. The van der Waals surface area contributed by atoms with Gasteiger partial charge in [-0.3, -0.25) is 9.59 Å². The molecule has 0 bridgehead atoms. The maximum absolute atomic E-state index is 12.1. The molecule has 0 unspecified atom stereocenters. The summed E-state index contributed by atoms with van der Waals surface area (Å²) in [6.45, 7) is 4.04. The Morgan fingerprint density at radius 3 is 1.95 bits per heavy atom. The molecular weight excluding hydrogens is 291 g/mol. The van der Waals surface area contributed by atoms with E-state index in [1.54, 1.807) is 0 Å². The Hall–Kier alpha value is -1.31. The summed E-state index contributed by atoms with van der Waals surface area (Å²) in [5, 5.41) is 0.338. The standard InChI is InChI=1S/C10H13ClF3NO4/c1-4(2)19-8(17)6(5(3)7(11)16)15-9(18)10(12,13)14/h4-6H,1-3H3,(H,15,18)/t5-,6-/m0/s1. The number of nitrogens with one attached hydrogen (secondary N) is 1. The molecule has 1 amide bonds. The minimum absolute atomic E-state index is 0.615. The highest BCUT2D eigenvalue weighted by molar-refractivity contribution is 6.64. The first kappa shape index (κ1) is 17.7. The molecule has 19 heavy (non-hydrogen) atoms. The molecule has 0 spiro atoms. The average Bonchev–Trinajstić information content (AvgIpc) is 2.21. The third kappa shape index (κ3) is 5.91. The van der Waals surface area contributed by atoms with Crippen molar-refractivity contribution < 1.29 is 32.3 Å². The molecule has 0 aliphatic rings. The minimum atomic E-state index is -5.18. The zero-order chi connectivity index (χ0) is 15.4. The monoisotopic (exact) mass is 303 g/mol. The number of halogens is 4. The van der Waals surface area contributed by atoms with E-state index in [0.29, 0.717) is 0 Å². The summed E-state index contributed by atoms with van der Waals surface area (Å²) < 4.78 is 41.0. The van der Waals surface area contributed by atoms with Gasteiger partial charge < -0.3 is 10.1 Å². The number of alkyl halides is 3. The second-order valence-electron chi connectivity index (χ2n) is 4.03. The van der Waals surface area contributed by atoms with Gasteiger partial charge in [0.25, 0.3) is 0 Å². The first-order valence-corrected chi connectivity index (χ1v) is 5.62. The molecule has 110 valence electrons. The van der Waals surface area contributed by atoms with Crippen molar-refractivity contribution in [1.29, 1.82) is 0 Å². The number of hydrogen-bond donors (Lipinski definition) is 1. The summed E-state index contributed by atoms with van der Waals surface area (Å²) in [4.78, 5) is 33.3. The number of esters is 1. The van der Waals surface area contributed by atoms with Gasteiger partial charge in [-0.25, -0.2) is 4.79 Å². The second-order valence-corrected chi connectivity index (χ2v) is 4.40. The van der Waals surface area contributed by atoms with E-state index in [2.05, 4.69) is 4.74 Å². The predicted molar refractivity (Wildman–Crippen MR) is 59.2 cm³/mol. The highest BCUT2D eigenvalue weighted by atomic mass is 35.5. The van der Waals surface area contributed by atoms with E-state index in [-0.39, 0.29) is 0 Å². The van der Waals surface area contributed by atoms with Gasteiger partial charge in [0.2, 0.25) is 5.24 Å². The molecule has 0 radical (unpaired) electrons. The molecule has 0 aromatic heterocycles. The Morgan fingerprint density at radius 2 is 1.63 bits per heavy atom. The number of carbonyl (C=O) groups excluding carboxylic acids is 3. The summed E-state index contributed by atoms with van der Waals surface area (Å²) in [5.41, 5.74) is 0. The van der Waals surface area contributed by atoms with Crippen LogP contribution in [0.15, 0.2) is 0 Å². The lowest BCUT2D eigenvalue weighted by molar-refractivity contribution is -0.177. The van der Waals surface area contributed by atoms with E-state index in [1.165, 1.54) is 19.2 Å². The third-order valence-corrected chi connectivity index (χ3v) is 2.35. The number of amides is 1. The molecule has 0 saturated carbocycles. The van der Waals surface area contributed by atoms with Gasteiger partial charge in [0.05, 0.1) is 12.0 Å². The molecule has 0 fully saturated rings. The van der Waals surface area contributed by atoms with E-state index in [1.807, 2.05) is 0 Å². The van der Waals surface area contributed by atoms with Crippen molar-refractivity contribution in [3.05, 3.63) is 0 Å². The van der Waals surface area contributed by atoms with Crippen LogP contribution in [0, 0.1) is 5.92 Å². The van der Waals surface area contributed by atoms with Gasteiger partial charge in [-0.05, 0) is 25.4 Å². The fourth-order valence-electron chi connectivity index (χ4n) is 1.05. The lowest BCUT2D eigenvalue weighted by Crippen LogP contribution is -2.52. The fourth-order valence-corrected chi connectivity index (χ4v) is 1.17. The maximum atomic E-state index is 12.1. The molecule has 9 heteroatoms. The molecule has 0 rings (SSSR count). The van der Waals surface area contributed by atoms with Crippen LogP contribution in [0.4, 0.5) is 13.2 Å². The van der Waals surface area contributed by atoms with E-state index in [9.17, 15) is 27.6 Å². The summed E-state index contributed by atoms with van der Waals surface area (Å²) in [7, 11) is 0. The zero-order valence-electron chi connectivity index (χ0n) is 10.4. The van der Waals surface area contributed by atoms with Crippen LogP contribution in [0.25, 0.3) is 0 Å². The van der Waals surface area contributed by atoms with E-state index in [0.717, 1.165) is 6.92 Å². The van der Waals surface area contributed by atoms with Gasteiger partial charge in [0, 0.05) is 0 Å². The Morgan fingerprint density at radius 1 is 1.16 bits per heavy atom. The lowest BCUT2D eigenvalue weighted by atomic mass is 10.0. The SMILES string of the molecule is CC(C)OC(=O)[C@@H](NC(=O)C(F)(F)F)[C@H](C)C(=O)Cl.